The molecule has 0 saturated carbocycles. The highest BCUT2D eigenvalue weighted by Gasteiger charge is 2.31. The molecule has 5 nitrogen and oxygen atoms in total. The minimum atomic E-state index is -1.96. The smallest absolute Gasteiger partial charge is 0.280 e. The maximum atomic E-state index is 12.2. The van der Waals surface area contributed by atoms with E-state index in [9.17, 15) is 9.90 Å². The van der Waals surface area contributed by atoms with Crippen LogP contribution in [0.3, 0.4) is 0 Å². The first-order valence-electron chi connectivity index (χ1n) is 5.30. The van der Waals surface area contributed by atoms with Crippen LogP contribution in [0.2, 0.25) is 0 Å². The number of aliphatic hydroxyl groups is 1. The monoisotopic (exact) mass is 321 g/mol. The number of hydrogen-bond donors (Lipinski definition) is 2. The van der Waals surface area contributed by atoms with E-state index in [1.54, 1.807) is 31.2 Å². The Labute approximate surface area is 123 Å². The lowest BCUT2D eigenvalue weighted by atomic mass is 10.2. The van der Waals surface area contributed by atoms with Gasteiger partial charge in [0.05, 0.1) is 10.9 Å². The van der Waals surface area contributed by atoms with Crippen molar-refractivity contribution in [1.29, 1.82) is 0 Å². The highest BCUT2D eigenvalue weighted by Crippen LogP contribution is 2.29. The largest absolute Gasteiger partial charge is 0.369 e. The van der Waals surface area contributed by atoms with Gasteiger partial charge in [0.2, 0.25) is 3.79 Å². The third-order valence-electron chi connectivity index (χ3n) is 2.50. The first-order valence-corrected chi connectivity index (χ1v) is 6.44. The molecule has 0 aliphatic heterocycles. The number of benzene rings is 1. The average Bonchev–Trinajstić information content (AvgIpc) is 2.33. The molecule has 0 spiro atoms. The molecule has 1 atom stereocenters. The summed E-state index contributed by atoms with van der Waals surface area (Å²) >= 11 is 16.6. The quantitative estimate of drug-likeness (QED) is 0.655. The average molecular weight is 323 g/mol. The molecular weight excluding hydrogens is 312 g/mol. The summed E-state index contributed by atoms with van der Waals surface area (Å²) in [7, 11) is 0. The van der Waals surface area contributed by atoms with Crippen LogP contribution in [0, 0.1) is 6.92 Å². The lowest BCUT2D eigenvalue weighted by Gasteiger charge is -2.23. The molecule has 0 aliphatic rings. The van der Waals surface area contributed by atoms with Crippen molar-refractivity contribution in [3.8, 4) is 0 Å². The van der Waals surface area contributed by atoms with E-state index in [1.807, 2.05) is 0 Å². The molecule has 0 aliphatic carbocycles. The number of para-hydroxylation sites is 1. The molecule has 0 amide bonds. The van der Waals surface area contributed by atoms with E-state index in [0.717, 1.165) is 4.68 Å². The van der Waals surface area contributed by atoms with Crippen molar-refractivity contribution in [3.05, 3.63) is 40.4 Å². The number of rotatable bonds is 2. The number of fused-ring (bicyclic) bond motifs is 1. The summed E-state index contributed by atoms with van der Waals surface area (Å²) in [5, 5.41) is 10.1. The zero-order valence-electron chi connectivity index (χ0n) is 9.77. The Morgan fingerprint density at radius 1 is 1.37 bits per heavy atom. The van der Waals surface area contributed by atoms with Gasteiger partial charge in [-0.1, -0.05) is 46.9 Å². The molecule has 8 heteroatoms. The fraction of sp³-hybridized carbons (Fsp3) is 0.273. The van der Waals surface area contributed by atoms with Crippen LogP contribution < -0.4 is 11.0 Å². The Hall–Kier alpha value is -1.01. The van der Waals surface area contributed by atoms with Crippen molar-refractivity contribution in [2.45, 2.75) is 16.9 Å². The molecule has 0 saturated heterocycles. The Morgan fingerprint density at radius 3 is 2.63 bits per heavy atom. The van der Waals surface area contributed by atoms with Crippen LogP contribution >= 0.6 is 34.8 Å². The van der Waals surface area contributed by atoms with Gasteiger partial charge in [-0.15, -0.1) is 0 Å². The standard InChI is InChI=1S/C11H10Cl3N3O2/c1-6-15-8-5-3-2-4-7(8)9(18)17(6)16-10(19)11(12,13)14/h2-5,10,16,19H,1H3/t10-/m1/s1. The number of nitrogens with zero attached hydrogens (tertiary/aromatic N) is 2. The summed E-state index contributed by atoms with van der Waals surface area (Å²) in [6.07, 6.45) is -1.54. The van der Waals surface area contributed by atoms with Crippen molar-refractivity contribution in [3.63, 3.8) is 0 Å². The first kappa shape index (κ1) is 14.4. The van der Waals surface area contributed by atoms with Crippen LogP contribution in [0.1, 0.15) is 5.82 Å². The van der Waals surface area contributed by atoms with Crippen LogP contribution in [0.15, 0.2) is 29.1 Å². The van der Waals surface area contributed by atoms with Crippen molar-refractivity contribution >= 4 is 45.7 Å². The third kappa shape index (κ3) is 2.95. The molecule has 0 fully saturated rings. The summed E-state index contributed by atoms with van der Waals surface area (Å²) in [4.78, 5) is 16.5. The number of aryl methyl sites for hydroxylation is 1. The SMILES string of the molecule is Cc1nc2ccccc2c(=O)n1N[C@H](O)C(Cl)(Cl)Cl. The van der Waals surface area contributed by atoms with E-state index >= 15 is 0 Å². The van der Waals surface area contributed by atoms with E-state index in [-0.39, 0.29) is 5.56 Å². The van der Waals surface area contributed by atoms with Gasteiger partial charge in [-0.05, 0) is 19.1 Å². The second-order valence-corrected chi connectivity index (χ2v) is 6.26. The summed E-state index contributed by atoms with van der Waals surface area (Å²) in [6.45, 7) is 1.60. The van der Waals surface area contributed by atoms with Gasteiger partial charge in [-0.25, -0.2) is 9.66 Å². The normalized spacial score (nSPS) is 13.5. The van der Waals surface area contributed by atoms with Crippen LogP contribution in [0.5, 0.6) is 0 Å². The molecule has 2 N–H and O–H groups in total. The van der Waals surface area contributed by atoms with E-state index in [1.165, 1.54) is 0 Å². The molecule has 102 valence electrons. The first-order chi connectivity index (χ1) is 8.80. The lowest BCUT2D eigenvalue weighted by molar-refractivity contribution is 0.190. The number of alkyl halides is 3. The molecule has 0 radical (unpaired) electrons. The number of hydrogen-bond acceptors (Lipinski definition) is 4. The van der Waals surface area contributed by atoms with Crippen molar-refractivity contribution < 1.29 is 5.11 Å². The Bertz CT molecular complexity index is 666. The third-order valence-corrected chi connectivity index (χ3v) is 3.12. The molecule has 1 heterocycles. The van der Waals surface area contributed by atoms with Gasteiger partial charge in [0.1, 0.15) is 5.82 Å². The van der Waals surface area contributed by atoms with E-state index in [2.05, 4.69) is 10.4 Å². The minimum Gasteiger partial charge on any atom is -0.369 e. The van der Waals surface area contributed by atoms with E-state index in [0.29, 0.717) is 16.7 Å². The van der Waals surface area contributed by atoms with Crippen LogP contribution in [-0.4, -0.2) is 24.8 Å². The number of nitrogens with one attached hydrogen (secondary N) is 1. The van der Waals surface area contributed by atoms with Crippen molar-refractivity contribution in [1.82, 2.24) is 9.66 Å². The number of aromatic nitrogens is 2. The van der Waals surface area contributed by atoms with Crippen LogP contribution in [-0.2, 0) is 0 Å². The number of aliphatic hydroxyl groups excluding tert-OH is 1. The summed E-state index contributed by atoms with van der Waals surface area (Å²) in [5.41, 5.74) is 2.60. The Balaban J connectivity index is 2.53. The lowest BCUT2D eigenvalue weighted by Crippen LogP contribution is -2.44. The Morgan fingerprint density at radius 2 is 2.00 bits per heavy atom. The second-order valence-electron chi connectivity index (χ2n) is 3.89. The maximum absolute atomic E-state index is 12.2. The summed E-state index contributed by atoms with van der Waals surface area (Å²) in [6, 6.07) is 6.85. The summed E-state index contributed by atoms with van der Waals surface area (Å²) in [5.74, 6) is 0.344. The molecule has 2 aromatic rings. The van der Waals surface area contributed by atoms with Gasteiger partial charge in [0.25, 0.3) is 5.56 Å². The van der Waals surface area contributed by atoms with Gasteiger partial charge in [0, 0.05) is 0 Å². The molecule has 2 rings (SSSR count). The number of halogens is 3. The van der Waals surface area contributed by atoms with Gasteiger partial charge in [-0.3, -0.25) is 10.2 Å². The maximum Gasteiger partial charge on any atom is 0.280 e. The predicted octanol–water partition coefficient (Wildman–Crippen LogP) is 1.94. The highest BCUT2D eigenvalue weighted by molar-refractivity contribution is 6.68. The van der Waals surface area contributed by atoms with Gasteiger partial charge in [0.15, 0.2) is 6.23 Å². The predicted molar refractivity (Wildman–Crippen MR) is 76.4 cm³/mol. The molecule has 19 heavy (non-hydrogen) atoms. The molecule has 0 bridgehead atoms. The van der Waals surface area contributed by atoms with Crippen LogP contribution in [0.4, 0.5) is 0 Å². The highest BCUT2D eigenvalue weighted by atomic mass is 35.6. The Kier molecular flexibility index (Phi) is 3.92. The summed E-state index contributed by atoms with van der Waals surface area (Å²) < 4.78 is -0.910. The molecule has 1 aromatic carbocycles. The fourth-order valence-electron chi connectivity index (χ4n) is 1.59. The topological polar surface area (TPSA) is 67.2 Å². The van der Waals surface area contributed by atoms with Gasteiger partial charge < -0.3 is 5.11 Å². The van der Waals surface area contributed by atoms with Crippen molar-refractivity contribution in [2.24, 2.45) is 0 Å². The fourth-order valence-corrected chi connectivity index (χ4v) is 1.74. The van der Waals surface area contributed by atoms with Gasteiger partial charge in [-0.2, -0.15) is 0 Å². The molecular formula is C11H10Cl3N3O2. The second kappa shape index (κ2) is 5.17. The van der Waals surface area contributed by atoms with E-state index < -0.39 is 10.0 Å². The molecule has 0 unspecified atom stereocenters. The van der Waals surface area contributed by atoms with Crippen LogP contribution in [0.25, 0.3) is 10.9 Å². The van der Waals surface area contributed by atoms with Gasteiger partial charge >= 0.3 is 0 Å². The molecule has 1 aromatic heterocycles. The van der Waals surface area contributed by atoms with E-state index in [4.69, 9.17) is 34.8 Å². The minimum absolute atomic E-state index is 0.344. The zero-order valence-corrected chi connectivity index (χ0v) is 12.0. The van der Waals surface area contributed by atoms with Crippen molar-refractivity contribution in [2.75, 3.05) is 5.43 Å². The zero-order chi connectivity index (χ0) is 14.2.